The molecule has 35 heavy (non-hydrogen) atoms. The van der Waals surface area contributed by atoms with E-state index >= 15 is 0 Å². The van der Waals surface area contributed by atoms with Gasteiger partial charge in [-0.15, -0.1) is 0 Å². The van der Waals surface area contributed by atoms with E-state index in [1.54, 1.807) is 0 Å². The van der Waals surface area contributed by atoms with E-state index in [4.69, 9.17) is 4.74 Å². The molecule has 0 aliphatic heterocycles. The van der Waals surface area contributed by atoms with Gasteiger partial charge in [0.2, 0.25) is 5.13 Å². The Morgan fingerprint density at radius 1 is 1.14 bits per heavy atom. The first-order chi connectivity index (χ1) is 16.6. The predicted molar refractivity (Wildman–Crippen MR) is 118 cm³/mol. The number of hydrogen-bond acceptors (Lipinski definition) is 8. The van der Waals surface area contributed by atoms with Gasteiger partial charge >= 0.3 is 6.18 Å². The van der Waals surface area contributed by atoms with Crippen LogP contribution in [-0.4, -0.2) is 17.8 Å². The van der Waals surface area contributed by atoms with E-state index in [0.29, 0.717) is 4.73 Å². The molecule has 0 saturated heterocycles. The molecule has 178 valence electrons. The van der Waals surface area contributed by atoms with Crippen molar-refractivity contribution in [2.24, 2.45) is 0 Å². The highest BCUT2D eigenvalue weighted by Gasteiger charge is 2.31. The second kappa shape index (κ2) is 9.20. The number of anilines is 1. The van der Waals surface area contributed by atoms with Crippen molar-refractivity contribution in [3.05, 3.63) is 83.6 Å². The van der Waals surface area contributed by atoms with Gasteiger partial charge in [0.15, 0.2) is 12.4 Å². The molecule has 2 aromatic heterocycles. The third-order valence-corrected chi connectivity index (χ3v) is 6.62. The lowest BCUT2D eigenvalue weighted by molar-refractivity contribution is -0.604. The maximum absolute atomic E-state index is 13.3. The highest BCUT2D eigenvalue weighted by Crippen LogP contribution is 2.39. The Kier molecular flexibility index (Phi) is 6.29. The van der Waals surface area contributed by atoms with Crippen molar-refractivity contribution < 1.29 is 31.1 Å². The second-order valence-corrected chi connectivity index (χ2v) is 9.35. The van der Waals surface area contributed by atoms with Crippen LogP contribution in [0, 0.1) is 16.5 Å². The van der Waals surface area contributed by atoms with Crippen LogP contribution in [0.15, 0.2) is 72.1 Å². The van der Waals surface area contributed by atoms with Crippen molar-refractivity contribution in [2.45, 2.75) is 11.1 Å². The highest BCUT2D eigenvalue weighted by atomic mass is 32.2. The van der Waals surface area contributed by atoms with Crippen molar-refractivity contribution >= 4 is 26.7 Å². The summed E-state index contributed by atoms with van der Waals surface area (Å²) in [6.45, 7) is 0. The Morgan fingerprint density at radius 3 is 2.57 bits per heavy atom. The fraction of sp³-hybridized carbons (Fsp3) is 0.0476. The molecule has 0 bridgehead atoms. The Balaban J connectivity index is 1.74. The first kappa shape index (κ1) is 23.9. The number of nitrogens with zero attached hydrogens (tertiary/aromatic N) is 4. The van der Waals surface area contributed by atoms with Crippen molar-refractivity contribution in [2.75, 3.05) is 4.72 Å². The van der Waals surface area contributed by atoms with Crippen molar-refractivity contribution in [3.63, 3.8) is 0 Å². The quantitative estimate of drug-likeness (QED) is 0.296. The molecule has 4 aromatic rings. The number of rotatable bonds is 6. The van der Waals surface area contributed by atoms with Crippen LogP contribution in [0.5, 0.6) is 11.5 Å². The third-order valence-electron chi connectivity index (χ3n) is 4.58. The van der Waals surface area contributed by atoms with E-state index in [-0.39, 0.29) is 38.2 Å². The van der Waals surface area contributed by atoms with Gasteiger partial charge in [0.25, 0.3) is 10.0 Å². The van der Waals surface area contributed by atoms with E-state index in [1.807, 2.05) is 6.07 Å². The molecule has 1 N–H and O–H groups in total. The molecule has 0 spiro atoms. The molecule has 0 radical (unpaired) electrons. The highest BCUT2D eigenvalue weighted by molar-refractivity contribution is 7.93. The van der Waals surface area contributed by atoms with Gasteiger partial charge in [-0.1, -0.05) is 0 Å². The van der Waals surface area contributed by atoms with Crippen LogP contribution in [0.2, 0.25) is 0 Å². The van der Waals surface area contributed by atoms with Crippen LogP contribution in [0.1, 0.15) is 11.1 Å². The molecule has 4 rings (SSSR count). The molecule has 2 heterocycles. The van der Waals surface area contributed by atoms with Gasteiger partial charge in [-0.3, -0.25) is 4.72 Å². The number of benzene rings is 2. The van der Waals surface area contributed by atoms with Crippen LogP contribution in [-0.2, 0) is 16.2 Å². The van der Waals surface area contributed by atoms with Gasteiger partial charge in [0.05, 0.1) is 21.6 Å². The van der Waals surface area contributed by atoms with E-state index in [2.05, 4.69) is 14.1 Å². The molecule has 0 amide bonds. The number of hydrogen-bond donors (Lipinski definition) is 1. The normalized spacial score (nSPS) is 11.6. The summed E-state index contributed by atoms with van der Waals surface area (Å²) >= 11 is 0.818. The Morgan fingerprint density at radius 2 is 1.91 bits per heavy atom. The first-order valence-electron chi connectivity index (χ1n) is 9.49. The van der Waals surface area contributed by atoms with Crippen LogP contribution in [0.3, 0.4) is 0 Å². The molecule has 14 heteroatoms. The summed E-state index contributed by atoms with van der Waals surface area (Å²) in [5.74, 6) is -0.183. The first-order valence-corrected chi connectivity index (χ1v) is 11.7. The molecular formula is C21H12F3N5O4S2. The van der Waals surface area contributed by atoms with E-state index < -0.39 is 21.8 Å². The number of nitrogens with one attached hydrogen (secondary N) is 1. The Hall–Kier alpha value is -4.22. The summed E-state index contributed by atoms with van der Waals surface area (Å²) < 4.78 is 77.2. The lowest BCUT2D eigenvalue weighted by Gasteiger charge is -2.15. The fourth-order valence-corrected chi connectivity index (χ4v) is 4.69. The predicted octanol–water partition coefficient (Wildman–Crippen LogP) is 4.32. The average molecular weight is 519 g/mol. The van der Waals surface area contributed by atoms with Crippen molar-refractivity contribution in [1.82, 2.24) is 9.36 Å². The van der Waals surface area contributed by atoms with Crippen molar-refractivity contribution in [3.8, 4) is 28.7 Å². The smallest absolute Gasteiger partial charge is 0.416 e. The maximum atomic E-state index is 13.3. The summed E-state index contributed by atoms with van der Waals surface area (Å²) in [5, 5.41) is 21.3. The molecule has 0 aliphatic carbocycles. The summed E-state index contributed by atoms with van der Waals surface area (Å²) in [4.78, 5) is 3.47. The number of nitriles is 1. The van der Waals surface area contributed by atoms with Gasteiger partial charge in [0, 0.05) is 23.2 Å². The number of sulfonamides is 1. The molecule has 2 aromatic carbocycles. The largest absolute Gasteiger partial charge is 0.619 e. The van der Waals surface area contributed by atoms with Crippen LogP contribution in [0.25, 0.3) is 11.1 Å². The molecule has 9 nitrogen and oxygen atoms in total. The van der Waals surface area contributed by atoms with Gasteiger partial charge < -0.3 is 9.94 Å². The van der Waals surface area contributed by atoms with E-state index in [0.717, 1.165) is 48.1 Å². The van der Waals surface area contributed by atoms with Gasteiger partial charge in [-0.25, -0.2) is 13.4 Å². The number of pyridine rings is 1. The summed E-state index contributed by atoms with van der Waals surface area (Å²) in [7, 11) is -4.09. The fourth-order valence-electron chi connectivity index (χ4n) is 3.00. The Labute approximate surface area is 200 Å². The Bertz CT molecular complexity index is 1540. The molecule has 0 atom stereocenters. The lowest BCUT2D eigenvalue weighted by Crippen LogP contribution is -2.24. The minimum absolute atomic E-state index is 0.0247. The van der Waals surface area contributed by atoms with Gasteiger partial charge in [-0.05, 0) is 42.5 Å². The zero-order chi connectivity index (χ0) is 25.2. The topological polar surface area (TPSA) is 132 Å². The van der Waals surface area contributed by atoms with Gasteiger partial charge in [-0.2, -0.15) is 27.5 Å². The molecule has 0 unspecified atom stereocenters. The molecule has 0 saturated carbocycles. The molecule has 0 fully saturated rings. The second-order valence-electron chi connectivity index (χ2n) is 6.88. The minimum Gasteiger partial charge on any atom is -0.619 e. The molecular weight excluding hydrogens is 507 g/mol. The standard InChI is InChI=1S/C21H12F3N5O4S2/c22-21(23,24)15-3-5-19(17(9-15)13-2-1-7-29(30)11-13)33-18-6-4-16(8-14(18)10-25)35(31,32)28-20-26-12-27-34-20/h1-9,11-12H,(H,26,27,28). The van der Waals surface area contributed by atoms with E-state index in [1.165, 1.54) is 30.7 Å². The lowest BCUT2D eigenvalue weighted by atomic mass is 10.0. The number of aromatic nitrogens is 3. The minimum atomic E-state index is -4.65. The third kappa shape index (κ3) is 5.31. The summed E-state index contributed by atoms with van der Waals surface area (Å²) in [6, 6.07) is 10.7. The zero-order valence-electron chi connectivity index (χ0n) is 17.2. The maximum Gasteiger partial charge on any atom is 0.416 e. The van der Waals surface area contributed by atoms with Gasteiger partial charge in [0.1, 0.15) is 23.9 Å². The summed E-state index contributed by atoms with van der Waals surface area (Å²) in [5.41, 5.74) is -1.07. The number of halogens is 3. The molecule has 0 aliphatic rings. The number of alkyl halides is 3. The van der Waals surface area contributed by atoms with E-state index in [9.17, 15) is 32.1 Å². The van der Waals surface area contributed by atoms with Crippen LogP contribution >= 0.6 is 11.5 Å². The van der Waals surface area contributed by atoms with Crippen LogP contribution in [0.4, 0.5) is 18.3 Å². The zero-order valence-corrected chi connectivity index (χ0v) is 18.9. The monoisotopic (exact) mass is 519 g/mol. The average Bonchev–Trinajstić information content (AvgIpc) is 3.31. The van der Waals surface area contributed by atoms with Crippen LogP contribution < -0.4 is 14.2 Å². The number of ether oxygens (including phenoxy) is 1. The SMILES string of the molecule is N#Cc1cc(S(=O)(=O)Nc2ncns2)ccc1Oc1ccc(C(F)(F)F)cc1-c1ccc[n+]([O-])c1. The summed E-state index contributed by atoms with van der Waals surface area (Å²) in [6.07, 6.45) is -1.24. The van der Waals surface area contributed by atoms with Crippen molar-refractivity contribution in [1.29, 1.82) is 5.26 Å².